The van der Waals surface area contributed by atoms with Gasteiger partial charge in [-0.2, -0.15) is 0 Å². The fraction of sp³-hybridized carbons (Fsp3) is 0.750. The van der Waals surface area contributed by atoms with E-state index in [9.17, 15) is 0 Å². The van der Waals surface area contributed by atoms with Gasteiger partial charge in [-0.1, -0.05) is 13.8 Å². The minimum Gasteiger partial charge on any atom is -0.245 e. The van der Waals surface area contributed by atoms with E-state index in [0.29, 0.717) is 5.92 Å². The fourth-order valence-electron chi connectivity index (χ4n) is 2.34. The number of hydrogen-bond acceptors (Lipinski definition) is 2. The van der Waals surface area contributed by atoms with E-state index in [1.54, 1.807) is 4.88 Å². The lowest BCUT2D eigenvalue weighted by molar-refractivity contribution is 0.525. The third kappa shape index (κ3) is 1.31. The number of nitrogens with zero attached hydrogens (tertiary/aromatic N) is 1. The van der Waals surface area contributed by atoms with Crippen LogP contribution in [-0.4, -0.2) is 4.98 Å². The molecular formula is C12H17NS. The largest absolute Gasteiger partial charge is 0.245 e. The second-order valence-electron chi connectivity index (χ2n) is 4.96. The van der Waals surface area contributed by atoms with Gasteiger partial charge in [0.15, 0.2) is 0 Å². The van der Waals surface area contributed by atoms with E-state index >= 15 is 0 Å². The SMILES string of the molecule is CC1CCC(C)c2sc(C3CC3)nc21. The first kappa shape index (κ1) is 8.90. The average molecular weight is 207 g/mol. The molecule has 3 rings (SSSR count). The smallest absolute Gasteiger partial charge is 0.0962 e. The molecule has 2 aliphatic rings. The maximum absolute atomic E-state index is 4.86. The third-order valence-corrected chi connectivity index (χ3v) is 5.04. The van der Waals surface area contributed by atoms with Crippen LogP contribution in [0.1, 0.15) is 72.9 Å². The summed E-state index contributed by atoms with van der Waals surface area (Å²) in [6.45, 7) is 4.70. The van der Waals surface area contributed by atoms with Crippen LogP contribution in [-0.2, 0) is 0 Å². The van der Waals surface area contributed by atoms with Crippen molar-refractivity contribution in [3.63, 3.8) is 0 Å². The predicted octanol–water partition coefficient (Wildman–Crippen LogP) is 4.02. The Morgan fingerprint density at radius 2 is 1.79 bits per heavy atom. The molecule has 2 atom stereocenters. The Hall–Kier alpha value is -0.370. The van der Waals surface area contributed by atoms with E-state index in [0.717, 1.165) is 11.8 Å². The van der Waals surface area contributed by atoms with Crippen LogP contribution in [0, 0.1) is 0 Å². The van der Waals surface area contributed by atoms with Crippen molar-refractivity contribution >= 4 is 11.3 Å². The Morgan fingerprint density at radius 3 is 2.43 bits per heavy atom. The third-order valence-electron chi connectivity index (χ3n) is 3.57. The summed E-state index contributed by atoms with van der Waals surface area (Å²) in [5.74, 6) is 2.32. The van der Waals surface area contributed by atoms with Gasteiger partial charge >= 0.3 is 0 Å². The summed E-state index contributed by atoms with van der Waals surface area (Å²) < 4.78 is 0. The minimum absolute atomic E-state index is 0.713. The Kier molecular flexibility index (Phi) is 1.94. The number of thiazole rings is 1. The second-order valence-corrected chi connectivity index (χ2v) is 6.02. The van der Waals surface area contributed by atoms with Gasteiger partial charge in [-0.25, -0.2) is 4.98 Å². The number of fused-ring (bicyclic) bond motifs is 1. The molecule has 2 unspecified atom stereocenters. The van der Waals surface area contributed by atoms with Crippen LogP contribution < -0.4 is 0 Å². The van der Waals surface area contributed by atoms with Gasteiger partial charge in [0.2, 0.25) is 0 Å². The molecule has 1 fully saturated rings. The zero-order valence-electron chi connectivity index (χ0n) is 8.92. The number of hydrogen-bond donors (Lipinski definition) is 0. The van der Waals surface area contributed by atoms with Gasteiger partial charge in [0.1, 0.15) is 0 Å². The molecule has 0 aliphatic heterocycles. The van der Waals surface area contributed by atoms with Crippen molar-refractivity contribution in [3.8, 4) is 0 Å². The van der Waals surface area contributed by atoms with E-state index in [-0.39, 0.29) is 0 Å². The first-order valence-electron chi connectivity index (χ1n) is 5.76. The maximum atomic E-state index is 4.86. The molecule has 0 aromatic carbocycles. The molecule has 0 spiro atoms. The monoisotopic (exact) mass is 207 g/mol. The van der Waals surface area contributed by atoms with E-state index in [2.05, 4.69) is 13.8 Å². The van der Waals surface area contributed by atoms with Gasteiger partial charge in [-0.15, -0.1) is 11.3 Å². The van der Waals surface area contributed by atoms with Gasteiger partial charge in [0.05, 0.1) is 10.7 Å². The highest BCUT2D eigenvalue weighted by molar-refractivity contribution is 7.12. The normalized spacial score (nSPS) is 31.6. The molecule has 0 bridgehead atoms. The summed E-state index contributed by atoms with van der Waals surface area (Å²) in [5, 5.41) is 1.44. The Labute approximate surface area is 89.6 Å². The predicted molar refractivity (Wildman–Crippen MR) is 60.2 cm³/mol. The van der Waals surface area contributed by atoms with Crippen LogP contribution >= 0.6 is 11.3 Å². The molecule has 0 radical (unpaired) electrons. The van der Waals surface area contributed by atoms with E-state index < -0.39 is 0 Å². The van der Waals surface area contributed by atoms with Crippen LogP contribution in [0.3, 0.4) is 0 Å². The number of rotatable bonds is 1. The van der Waals surface area contributed by atoms with Gasteiger partial charge in [0.25, 0.3) is 0 Å². The first-order valence-corrected chi connectivity index (χ1v) is 6.58. The molecule has 2 aliphatic carbocycles. The van der Waals surface area contributed by atoms with Crippen molar-refractivity contribution in [2.24, 2.45) is 0 Å². The average Bonchev–Trinajstić information content (AvgIpc) is 2.92. The molecule has 0 N–H and O–H groups in total. The van der Waals surface area contributed by atoms with Gasteiger partial charge in [0, 0.05) is 10.8 Å². The molecule has 1 nitrogen and oxygen atoms in total. The molecular weight excluding hydrogens is 190 g/mol. The van der Waals surface area contributed by atoms with Crippen molar-refractivity contribution in [3.05, 3.63) is 15.6 Å². The highest BCUT2D eigenvalue weighted by atomic mass is 32.1. The first-order chi connectivity index (χ1) is 6.75. The minimum atomic E-state index is 0.713. The fourth-order valence-corrected chi connectivity index (χ4v) is 3.78. The molecule has 1 saturated carbocycles. The maximum Gasteiger partial charge on any atom is 0.0962 e. The van der Waals surface area contributed by atoms with Crippen LogP contribution in [0.4, 0.5) is 0 Å². The lowest BCUT2D eigenvalue weighted by atomic mass is 9.86. The van der Waals surface area contributed by atoms with Crippen molar-refractivity contribution in [2.45, 2.75) is 57.3 Å². The highest BCUT2D eigenvalue weighted by Crippen LogP contribution is 2.47. The van der Waals surface area contributed by atoms with Crippen molar-refractivity contribution in [1.82, 2.24) is 4.98 Å². The number of aromatic nitrogens is 1. The summed E-state index contributed by atoms with van der Waals surface area (Å²) >= 11 is 2.01. The molecule has 0 amide bonds. The van der Waals surface area contributed by atoms with Gasteiger partial charge in [-0.3, -0.25) is 0 Å². The summed E-state index contributed by atoms with van der Waals surface area (Å²) in [7, 11) is 0. The van der Waals surface area contributed by atoms with Crippen molar-refractivity contribution in [2.75, 3.05) is 0 Å². The van der Waals surface area contributed by atoms with Gasteiger partial charge in [-0.05, 0) is 37.5 Å². The summed E-state index contributed by atoms with van der Waals surface area (Å²) in [6, 6.07) is 0. The quantitative estimate of drug-likeness (QED) is 0.677. The standard InChI is InChI=1S/C12H17NS/c1-7-3-4-8(2)11-10(7)13-12(14-11)9-5-6-9/h7-9H,3-6H2,1-2H3. The summed E-state index contributed by atoms with van der Waals surface area (Å²) in [5.41, 5.74) is 1.44. The zero-order chi connectivity index (χ0) is 9.71. The van der Waals surface area contributed by atoms with E-state index in [1.807, 2.05) is 11.3 Å². The molecule has 14 heavy (non-hydrogen) atoms. The van der Waals surface area contributed by atoms with Crippen LogP contribution in [0.15, 0.2) is 0 Å². The molecule has 76 valence electrons. The van der Waals surface area contributed by atoms with Crippen molar-refractivity contribution < 1.29 is 0 Å². The van der Waals surface area contributed by atoms with Crippen LogP contribution in [0.5, 0.6) is 0 Å². The van der Waals surface area contributed by atoms with Crippen LogP contribution in [0.25, 0.3) is 0 Å². The molecule has 1 aromatic heterocycles. The highest BCUT2D eigenvalue weighted by Gasteiger charge is 2.32. The molecule has 1 aromatic rings. The van der Waals surface area contributed by atoms with E-state index in [4.69, 9.17) is 4.98 Å². The zero-order valence-corrected chi connectivity index (χ0v) is 9.73. The molecule has 2 heteroatoms. The Bertz CT molecular complexity index is 324. The van der Waals surface area contributed by atoms with Crippen molar-refractivity contribution in [1.29, 1.82) is 0 Å². The Morgan fingerprint density at radius 1 is 1.07 bits per heavy atom. The molecule has 1 heterocycles. The topological polar surface area (TPSA) is 12.9 Å². The van der Waals surface area contributed by atoms with E-state index in [1.165, 1.54) is 36.4 Å². The lowest BCUT2D eigenvalue weighted by Crippen LogP contribution is -2.08. The Balaban J connectivity index is 2.02. The summed E-state index contributed by atoms with van der Waals surface area (Å²) in [6.07, 6.45) is 5.47. The molecule has 0 saturated heterocycles. The summed E-state index contributed by atoms with van der Waals surface area (Å²) in [4.78, 5) is 6.47. The second kappa shape index (κ2) is 3.06. The van der Waals surface area contributed by atoms with Crippen LogP contribution in [0.2, 0.25) is 0 Å². The lowest BCUT2D eigenvalue weighted by Gasteiger charge is -2.22. The van der Waals surface area contributed by atoms with Gasteiger partial charge < -0.3 is 0 Å².